The maximum absolute atomic E-state index is 12.7. The number of aryl methyl sites for hydroxylation is 1. The Kier molecular flexibility index (Phi) is 9.02. The lowest BCUT2D eigenvalue weighted by Gasteiger charge is -2.14. The monoisotopic (exact) mass is 383 g/mol. The van der Waals surface area contributed by atoms with Gasteiger partial charge in [0.15, 0.2) is 0 Å². The fourth-order valence-corrected chi connectivity index (χ4v) is 2.87. The van der Waals surface area contributed by atoms with E-state index in [1.54, 1.807) is 6.07 Å². The van der Waals surface area contributed by atoms with Gasteiger partial charge in [0.2, 0.25) is 0 Å². The summed E-state index contributed by atoms with van der Waals surface area (Å²) >= 11 is 0. The van der Waals surface area contributed by atoms with Crippen molar-refractivity contribution < 1.29 is 14.3 Å². The average Bonchev–Trinajstić information content (AvgIpc) is 2.68. The molecular formula is C24H33NO3. The van der Waals surface area contributed by atoms with Gasteiger partial charge in [0.25, 0.3) is 5.91 Å². The van der Waals surface area contributed by atoms with Gasteiger partial charge in [-0.1, -0.05) is 39.3 Å². The number of carbonyl (C=O) groups is 1. The van der Waals surface area contributed by atoms with Crippen LogP contribution in [0, 0.1) is 5.92 Å². The molecule has 2 aromatic carbocycles. The minimum absolute atomic E-state index is 0.130. The number of unbranched alkanes of at least 4 members (excludes halogenated alkanes) is 1. The highest BCUT2D eigenvalue weighted by Gasteiger charge is 2.12. The molecule has 2 aromatic rings. The molecule has 0 aliphatic heterocycles. The van der Waals surface area contributed by atoms with E-state index in [0.717, 1.165) is 23.4 Å². The molecule has 4 heteroatoms. The quantitative estimate of drug-likeness (QED) is 0.529. The Hall–Kier alpha value is -2.33. The molecule has 0 radical (unpaired) electrons. The maximum atomic E-state index is 12.7. The molecule has 1 N–H and O–H groups in total. The molecule has 0 aliphatic rings. The molecule has 0 aromatic heterocycles. The van der Waals surface area contributed by atoms with Crippen LogP contribution in [0.3, 0.4) is 0 Å². The number of carbonyl (C=O) groups excluding carboxylic acids is 1. The summed E-state index contributed by atoms with van der Waals surface area (Å²) in [5.74, 6) is 1.10. The molecule has 2 rings (SSSR count). The first-order valence-corrected chi connectivity index (χ1v) is 10.3. The summed E-state index contributed by atoms with van der Waals surface area (Å²) in [4.78, 5) is 12.7. The Labute approximate surface area is 169 Å². The lowest BCUT2D eigenvalue weighted by molar-refractivity contribution is 0.0948. The summed E-state index contributed by atoms with van der Waals surface area (Å²) in [5.41, 5.74) is 3.59. The average molecular weight is 384 g/mol. The summed E-state index contributed by atoms with van der Waals surface area (Å²) in [6.07, 6.45) is 3.43. The van der Waals surface area contributed by atoms with E-state index in [-0.39, 0.29) is 5.91 Å². The van der Waals surface area contributed by atoms with E-state index in [2.05, 4.69) is 38.2 Å². The first-order valence-electron chi connectivity index (χ1n) is 10.3. The minimum atomic E-state index is -0.130. The smallest absolute Gasteiger partial charge is 0.255 e. The first-order chi connectivity index (χ1) is 13.5. The highest BCUT2D eigenvalue weighted by molar-refractivity contribution is 6.04. The molecule has 0 heterocycles. The van der Waals surface area contributed by atoms with E-state index in [1.165, 1.54) is 18.4 Å². The molecule has 28 heavy (non-hydrogen) atoms. The van der Waals surface area contributed by atoms with Gasteiger partial charge in [0, 0.05) is 23.4 Å². The molecule has 1 amide bonds. The molecule has 4 nitrogen and oxygen atoms in total. The zero-order chi connectivity index (χ0) is 20.4. The number of amides is 1. The lowest BCUT2D eigenvalue weighted by Crippen LogP contribution is -2.13. The van der Waals surface area contributed by atoms with Gasteiger partial charge in [0.05, 0.1) is 13.2 Å². The zero-order valence-corrected chi connectivity index (χ0v) is 17.6. The standard InChI is InChI=1S/C24H33NO3/c1-5-7-8-19-9-12-22(13-10-19)25-24(26)20-11-14-23(28-6-2)21(15-20)17-27-16-18(3)4/h9-15,18H,5-8,16-17H2,1-4H3,(H,25,26). The Morgan fingerprint density at radius 1 is 1.07 bits per heavy atom. The molecule has 0 fully saturated rings. The molecule has 0 unspecified atom stereocenters. The number of benzene rings is 2. The van der Waals surface area contributed by atoms with Crippen molar-refractivity contribution in [2.24, 2.45) is 5.92 Å². The van der Waals surface area contributed by atoms with Crippen molar-refractivity contribution in [2.45, 2.75) is 53.6 Å². The normalized spacial score (nSPS) is 10.9. The number of nitrogens with one attached hydrogen (secondary N) is 1. The Bertz CT molecular complexity index is 738. The van der Waals surface area contributed by atoms with Gasteiger partial charge in [-0.05, 0) is 61.6 Å². The third-order valence-corrected chi connectivity index (χ3v) is 4.36. The topological polar surface area (TPSA) is 47.6 Å². The van der Waals surface area contributed by atoms with E-state index >= 15 is 0 Å². The summed E-state index contributed by atoms with van der Waals surface area (Å²) < 4.78 is 11.4. The van der Waals surface area contributed by atoms with E-state index in [4.69, 9.17) is 9.47 Å². The van der Waals surface area contributed by atoms with Crippen LogP contribution in [-0.2, 0) is 17.8 Å². The summed E-state index contributed by atoms with van der Waals surface area (Å²) in [5, 5.41) is 2.97. The van der Waals surface area contributed by atoms with Crippen LogP contribution in [0.5, 0.6) is 5.75 Å². The number of anilines is 1. The molecule has 0 saturated carbocycles. The Morgan fingerprint density at radius 3 is 2.46 bits per heavy atom. The summed E-state index contributed by atoms with van der Waals surface area (Å²) in [6.45, 7) is 10.0. The van der Waals surface area contributed by atoms with E-state index < -0.39 is 0 Å². The highest BCUT2D eigenvalue weighted by Crippen LogP contribution is 2.22. The van der Waals surface area contributed by atoms with E-state index in [0.29, 0.717) is 31.3 Å². The van der Waals surface area contributed by atoms with Gasteiger partial charge in [0.1, 0.15) is 5.75 Å². The molecule has 0 atom stereocenters. The highest BCUT2D eigenvalue weighted by atomic mass is 16.5. The molecule has 152 valence electrons. The fraction of sp³-hybridized carbons (Fsp3) is 0.458. The number of ether oxygens (including phenoxy) is 2. The molecule has 0 saturated heterocycles. The minimum Gasteiger partial charge on any atom is -0.494 e. The number of hydrogen-bond acceptors (Lipinski definition) is 3. The van der Waals surface area contributed by atoms with Crippen LogP contribution in [0.1, 0.15) is 62.0 Å². The van der Waals surface area contributed by atoms with Gasteiger partial charge < -0.3 is 14.8 Å². The van der Waals surface area contributed by atoms with Gasteiger partial charge in [-0.3, -0.25) is 4.79 Å². The number of rotatable bonds is 11. The van der Waals surface area contributed by atoms with Crippen LogP contribution in [0.25, 0.3) is 0 Å². The van der Waals surface area contributed by atoms with Crippen molar-refractivity contribution in [3.8, 4) is 5.75 Å². The van der Waals surface area contributed by atoms with Crippen molar-refractivity contribution in [3.63, 3.8) is 0 Å². The van der Waals surface area contributed by atoms with E-state index in [1.807, 2.05) is 31.2 Å². The van der Waals surface area contributed by atoms with E-state index in [9.17, 15) is 4.79 Å². The Balaban J connectivity index is 2.06. The van der Waals surface area contributed by atoms with Crippen LogP contribution in [0.4, 0.5) is 5.69 Å². The van der Waals surface area contributed by atoms with Crippen molar-refractivity contribution in [1.29, 1.82) is 0 Å². The van der Waals surface area contributed by atoms with Gasteiger partial charge in [-0.15, -0.1) is 0 Å². The second-order valence-electron chi connectivity index (χ2n) is 7.42. The lowest BCUT2D eigenvalue weighted by atomic mass is 10.1. The SMILES string of the molecule is CCCCc1ccc(NC(=O)c2ccc(OCC)c(COCC(C)C)c2)cc1. The van der Waals surface area contributed by atoms with Gasteiger partial charge in [-0.25, -0.2) is 0 Å². The largest absolute Gasteiger partial charge is 0.494 e. The molecular weight excluding hydrogens is 350 g/mol. The van der Waals surface area contributed by atoms with Gasteiger partial charge in [-0.2, -0.15) is 0 Å². The van der Waals surface area contributed by atoms with Crippen LogP contribution >= 0.6 is 0 Å². The van der Waals surface area contributed by atoms with Gasteiger partial charge >= 0.3 is 0 Å². The zero-order valence-electron chi connectivity index (χ0n) is 17.6. The Morgan fingerprint density at radius 2 is 1.82 bits per heavy atom. The first kappa shape index (κ1) is 22.0. The second-order valence-corrected chi connectivity index (χ2v) is 7.42. The molecule has 0 aliphatic carbocycles. The van der Waals surface area contributed by atoms with Crippen LogP contribution in [-0.4, -0.2) is 19.1 Å². The van der Waals surface area contributed by atoms with Crippen molar-refractivity contribution in [2.75, 3.05) is 18.5 Å². The maximum Gasteiger partial charge on any atom is 0.255 e. The third-order valence-electron chi connectivity index (χ3n) is 4.36. The van der Waals surface area contributed by atoms with Crippen molar-refractivity contribution >= 4 is 11.6 Å². The van der Waals surface area contributed by atoms with Crippen molar-refractivity contribution in [1.82, 2.24) is 0 Å². The predicted molar refractivity (Wildman–Crippen MR) is 115 cm³/mol. The molecule has 0 bridgehead atoms. The van der Waals surface area contributed by atoms with Crippen LogP contribution in [0.2, 0.25) is 0 Å². The number of hydrogen-bond donors (Lipinski definition) is 1. The van der Waals surface area contributed by atoms with Crippen LogP contribution in [0.15, 0.2) is 42.5 Å². The van der Waals surface area contributed by atoms with Crippen LogP contribution < -0.4 is 10.1 Å². The van der Waals surface area contributed by atoms with Crippen molar-refractivity contribution in [3.05, 3.63) is 59.2 Å². The summed E-state index contributed by atoms with van der Waals surface area (Å²) in [7, 11) is 0. The second kappa shape index (κ2) is 11.5. The third kappa shape index (κ3) is 7.01. The fourth-order valence-electron chi connectivity index (χ4n) is 2.87. The summed E-state index contributed by atoms with van der Waals surface area (Å²) in [6, 6.07) is 13.6. The predicted octanol–water partition coefficient (Wildman–Crippen LogP) is 5.85. The molecule has 0 spiro atoms.